The number of nitrogens with two attached hydrogens (primary N) is 1. The van der Waals surface area contributed by atoms with Crippen LogP contribution in [0.4, 0.5) is 10.1 Å². The summed E-state index contributed by atoms with van der Waals surface area (Å²) in [6.45, 7) is 2.06. The number of halogens is 2. The Hall–Kier alpha value is -1.63. The first kappa shape index (κ1) is 15.8. The maximum absolute atomic E-state index is 13.7. The van der Waals surface area contributed by atoms with Gasteiger partial charge in [-0.1, -0.05) is 17.7 Å². The van der Waals surface area contributed by atoms with Gasteiger partial charge in [0.2, 0.25) is 0 Å². The molecule has 0 heterocycles. The molecule has 0 aromatic heterocycles. The molecule has 0 atom stereocenters. The molecular weight excluding hydrogens is 315 g/mol. The monoisotopic (exact) mass is 328 g/mol. The Labute approximate surface area is 127 Å². The van der Waals surface area contributed by atoms with Crippen LogP contribution in [0.25, 0.3) is 0 Å². The third-order valence-electron chi connectivity index (χ3n) is 3.03. The van der Waals surface area contributed by atoms with Gasteiger partial charge in [-0.05, 0) is 48.4 Å². The van der Waals surface area contributed by atoms with Crippen molar-refractivity contribution in [1.29, 1.82) is 0 Å². The Bertz CT molecular complexity index is 779. The van der Waals surface area contributed by atoms with Crippen molar-refractivity contribution < 1.29 is 12.8 Å². The highest BCUT2D eigenvalue weighted by Crippen LogP contribution is 2.23. The van der Waals surface area contributed by atoms with Crippen LogP contribution < -0.4 is 10.5 Å². The van der Waals surface area contributed by atoms with E-state index in [2.05, 4.69) is 4.72 Å². The third kappa shape index (κ3) is 3.53. The van der Waals surface area contributed by atoms with Gasteiger partial charge in [0.25, 0.3) is 10.0 Å². The van der Waals surface area contributed by atoms with Crippen molar-refractivity contribution >= 4 is 27.3 Å². The van der Waals surface area contributed by atoms with Crippen molar-refractivity contribution in [2.75, 3.05) is 4.72 Å². The van der Waals surface area contributed by atoms with Crippen LogP contribution in [0.5, 0.6) is 0 Å². The summed E-state index contributed by atoms with van der Waals surface area (Å²) >= 11 is 5.63. The molecule has 0 bridgehead atoms. The molecule has 21 heavy (non-hydrogen) atoms. The number of hydrogen-bond donors (Lipinski definition) is 2. The molecular formula is C14H14ClFN2O2S. The van der Waals surface area contributed by atoms with Crippen LogP contribution >= 0.6 is 11.6 Å². The fourth-order valence-corrected chi connectivity index (χ4v) is 3.09. The van der Waals surface area contributed by atoms with E-state index in [-0.39, 0.29) is 22.2 Å². The van der Waals surface area contributed by atoms with Crippen molar-refractivity contribution in [3.05, 3.63) is 58.4 Å². The van der Waals surface area contributed by atoms with E-state index in [1.165, 1.54) is 24.3 Å². The Morgan fingerprint density at radius 2 is 1.95 bits per heavy atom. The van der Waals surface area contributed by atoms with Gasteiger partial charge in [0.05, 0.1) is 10.6 Å². The molecule has 7 heteroatoms. The second kappa shape index (κ2) is 6.01. The van der Waals surface area contributed by atoms with Crippen LogP contribution in [0.2, 0.25) is 5.02 Å². The van der Waals surface area contributed by atoms with E-state index < -0.39 is 15.8 Å². The lowest BCUT2D eigenvalue weighted by Crippen LogP contribution is -2.15. The first-order chi connectivity index (χ1) is 9.83. The molecule has 0 spiro atoms. The number of hydrogen-bond acceptors (Lipinski definition) is 3. The van der Waals surface area contributed by atoms with E-state index in [9.17, 15) is 12.8 Å². The predicted octanol–water partition coefficient (Wildman–Crippen LogP) is 3.05. The molecule has 0 amide bonds. The summed E-state index contributed by atoms with van der Waals surface area (Å²) in [6, 6.07) is 8.31. The van der Waals surface area contributed by atoms with Gasteiger partial charge in [0.15, 0.2) is 0 Å². The van der Waals surface area contributed by atoms with Gasteiger partial charge in [-0.15, -0.1) is 0 Å². The van der Waals surface area contributed by atoms with Gasteiger partial charge < -0.3 is 5.73 Å². The van der Waals surface area contributed by atoms with E-state index in [0.717, 1.165) is 17.2 Å². The molecule has 2 aromatic carbocycles. The van der Waals surface area contributed by atoms with Crippen LogP contribution in [0, 0.1) is 12.7 Å². The number of sulfonamides is 1. The van der Waals surface area contributed by atoms with Gasteiger partial charge in [0.1, 0.15) is 5.82 Å². The molecule has 3 N–H and O–H groups in total. The zero-order valence-corrected chi connectivity index (χ0v) is 12.8. The summed E-state index contributed by atoms with van der Waals surface area (Å²) in [6.07, 6.45) is 0. The van der Waals surface area contributed by atoms with Crippen molar-refractivity contribution in [3.8, 4) is 0 Å². The molecule has 0 aliphatic carbocycles. The van der Waals surface area contributed by atoms with E-state index in [4.69, 9.17) is 17.3 Å². The minimum atomic E-state index is -3.89. The number of anilines is 1. The second-order valence-corrected chi connectivity index (χ2v) is 6.64. The average Bonchev–Trinajstić information content (AvgIpc) is 2.42. The molecule has 2 aromatic rings. The zero-order chi connectivity index (χ0) is 15.6. The fraction of sp³-hybridized carbons (Fsp3) is 0.143. The van der Waals surface area contributed by atoms with Crippen LogP contribution in [-0.4, -0.2) is 8.42 Å². The molecule has 0 aliphatic heterocycles. The molecule has 4 nitrogen and oxygen atoms in total. The predicted molar refractivity (Wildman–Crippen MR) is 81.3 cm³/mol. The summed E-state index contributed by atoms with van der Waals surface area (Å²) < 4.78 is 40.4. The third-order valence-corrected chi connectivity index (χ3v) is 4.62. The standard InChI is InChI=1S/C14H14ClFN2O2S/c1-9-2-4-12(6-10(9)8-17)21(19,20)18-14-5-3-11(15)7-13(14)16/h2-7,18H,8,17H2,1H3. The lowest BCUT2D eigenvalue weighted by molar-refractivity contribution is 0.598. The fourth-order valence-electron chi connectivity index (χ4n) is 1.81. The molecule has 0 radical (unpaired) electrons. The molecule has 0 saturated carbocycles. The van der Waals surface area contributed by atoms with Gasteiger partial charge in [0, 0.05) is 11.6 Å². The summed E-state index contributed by atoms with van der Waals surface area (Å²) in [7, 11) is -3.89. The molecule has 0 unspecified atom stereocenters. The van der Waals surface area contributed by atoms with Crippen LogP contribution in [0.1, 0.15) is 11.1 Å². The minimum Gasteiger partial charge on any atom is -0.326 e. The lowest BCUT2D eigenvalue weighted by Gasteiger charge is -2.11. The average molecular weight is 329 g/mol. The first-order valence-corrected chi connectivity index (χ1v) is 7.97. The highest BCUT2D eigenvalue weighted by molar-refractivity contribution is 7.92. The summed E-state index contributed by atoms with van der Waals surface area (Å²) in [5.41, 5.74) is 7.02. The Balaban J connectivity index is 2.38. The van der Waals surface area contributed by atoms with Crippen molar-refractivity contribution in [1.82, 2.24) is 0 Å². The van der Waals surface area contributed by atoms with Gasteiger partial charge in [-0.2, -0.15) is 0 Å². The molecule has 0 aliphatic rings. The molecule has 2 rings (SSSR count). The van der Waals surface area contributed by atoms with E-state index in [0.29, 0.717) is 0 Å². The Morgan fingerprint density at radius 3 is 2.57 bits per heavy atom. The highest BCUT2D eigenvalue weighted by atomic mass is 35.5. The normalized spacial score (nSPS) is 11.4. The Morgan fingerprint density at radius 1 is 1.24 bits per heavy atom. The second-order valence-electron chi connectivity index (χ2n) is 4.52. The number of benzene rings is 2. The van der Waals surface area contributed by atoms with Gasteiger partial charge >= 0.3 is 0 Å². The zero-order valence-electron chi connectivity index (χ0n) is 11.2. The van der Waals surface area contributed by atoms with Crippen molar-refractivity contribution in [2.24, 2.45) is 5.73 Å². The minimum absolute atomic E-state index is 0.0305. The Kier molecular flexibility index (Phi) is 4.51. The summed E-state index contributed by atoms with van der Waals surface area (Å²) in [5.74, 6) is -0.739. The summed E-state index contributed by atoms with van der Waals surface area (Å²) in [4.78, 5) is 0.0305. The number of rotatable bonds is 4. The van der Waals surface area contributed by atoms with Crippen molar-refractivity contribution in [3.63, 3.8) is 0 Å². The number of aryl methyl sites for hydroxylation is 1. The largest absolute Gasteiger partial charge is 0.326 e. The highest BCUT2D eigenvalue weighted by Gasteiger charge is 2.17. The first-order valence-electron chi connectivity index (χ1n) is 6.11. The lowest BCUT2D eigenvalue weighted by atomic mass is 10.1. The van der Waals surface area contributed by atoms with Crippen LogP contribution in [0.15, 0.2) is 41.3 Å². The molecule has 112 valence electrons. The smallest absolute Gasteiger partial charge is 0.261 e. The van der Waals surface area contributed by atoms with Crippen LogP contribution in [-0.2, 0) is 16.6 Å². The van der Waals surface area contributed by atoms with E-state index in [1.54, 1.807) is 6.07 Å². The van der Waals surface area contributed by atoms with Crippen LogP contribution in [0.3, 0.4) is 0 Å². The number of nitrogens with one attached hydrogen (secondary N) is 1. The topological polar surface area (TPSA) is 72.2 Å². The maximum Gasteiger partial charge on any atom is 0.261 e. The summed E-state index contributed by atoms with van der Waals surface area (Å²) in [5, 5.41) is 0.191. The van der Waals surface area contributed by atoms with Gasteiger partial charge in [-0.25, -0.2) is 12.8 Å². The maximum atomic E-state index is 13.7. The molecule has 0 saturated heterocycles. The van der Waals surface area contributed by atoms with Crippen molar-refractivity contribution in [2.45, 2.75) is 18.4 Å². The van der Waals surface area contributed by atoms with E-state index >= 15 is 0 Å². The SMILES string of the molecule is Cc1ccc(S(=O)(=O)Nc2ccc(Cl)cc2F)cc1CN. The van der Waals surface area contributed by atoms with Gasteiger partial charge in [-0.3, -0.25) is 4.72 Å². The van der Waals surface area contributed by atoms with E-state index in [1.807, 2.05) is 6.92 Å². The quantitative estimate of drug-likeness (QED) is 0.906. The molecule has 0 fully saturated rings.